The van der Waals surface area contributed by atoms with Crippen LogP contribution in [0.4, 0.5) is 18.9 Å². The van der Waals surface area contributed by atoms with Crippen molar-refractivity contribution in [2.75, 3.05) is 44.6 Å². The molecule has 0 spiro atoms. The van der Waals surface area contributed by atoms with Gasteiger partial charge >= 0.3 is 6.18 Å². The lowest BCUT2D eigenvalue weighted by Gasteiger charge is -2.34. The molecule has 1 saturated heterocycles. The minimum atomic E-state index is -4.55. The van der Waals surface area contributed by atoms with Crippen LogP contribution in [-0.2, 0) is 15.8 Å². The summed E-state index contributed by atoms with van der Waals surface area (Å²) in [6.07, 6.45) is -3.72. The van der Waals surface area contributed by atoms with Gasteiger partial charge in [-0.3, -0.25) is 19.3 Å². The number of carbonyl (C=O) groups is 3. The number of hydrogen-bond acceptors (Lipinski definition) is 5. The van der Waals surface area contributed by atoms with Crippen molar-refractivity contribution in [1.82, 2.24) is 15.1 Å². The van der Waals surface area contributed by atoms with E-state index in [0.717, 1.165) is 6.07 Å². The molecule has 0 atom stereocenters. The van der Waals surface area contributed by atoms with Crippen molar-refractivity contribution in [2.24, 2.45) is 0 Å². The van der Waals surface area contributed by atoms with Crippen LogP contribution in [0.1, 0.15) is 28.1 Å². The Morgan fingerprint density at radius 3 is 2.39 bits per heavy atom. The lowest BCUT2D eigenvalue weighted by Crippen LogP contribution is -2.50. The first-order valence-electron chi connectivity index (χ1n) is 10.5. The van der Waals surface area contributed by atoms with Crippen LogP contribution in [0, 0.1) is 0 Å². The maximum Gasteiger partial charge on any atom is 0.418 e. The molecule has 11 heteroatoms. The van der Waals surface area contributed by atoms with Crippen LogP contribution in [0.5, 0.6) is 0 Å². The average Bonchev–Trinajstić information content (AvgIpc) is 3.31. The van der Waals surface area contributed by atoms with Crippen molar-refractivity contribution in [2.45, 2.75) is 19.0 Å². The zero-order valence-corrected chi connectivity index (χ0v) is 18.7. The summed E-state index contributed by atoms with van der Waals surface area (Å²) in [6.45, 7) is 2.13. The van der Waals surface area contributed by atoms with Gasteiger partial charge in [0, 0.05) is 39.1 Å². The summed E-state index contributed by atoms with van der Waals surface area (Å²) >= 11 is 1.35. The third-order valence-corrected chi connectivity index (χ3v) is 6.07. The molecule has 1 fully saturated rings. The van der Waals surface area contributed by atoms with Gasteiger partial charge in [0.05, 0.1) is 22.7 Å². The summed E-state index contributed by atoms with van der Waals surface area (Å²) in [4.78, 5) is 40.6. The molecule has 1 aromatic heterocycles. The highest BCUT2D eigenvalue weighted by Crippen LogP contribution is 2.34. The normalized spacial score (nSPS) is 14.7. The van der Waals surface area contributed by atoms with E-state index in [1.807, 2.05) is 5.38 Å². The molecule has 2 heterocycles. The van der Waals surface area contributed by atoms with Crippen molar-refractivity contribution < 1.29 is 27.6 Å². The van der Waals surface area contributed by atoms with Gasteiger partial charge in [-0.1, -0.05) is 18.2 Å². The number of nitrogens with zero attached hydrogens (tertiary/aromatic N) is 2. The van der Waals surface area contributed by atoms with Gasteiger partial charge in [0.15, 0.2) is 0 Å². The Morgan fingerprint density at radius 2 is 1.73 bits per heavy atom. The van der Waals surface area contributed by atoms with Crippen LogP contribution in [0.3, 0.4) is 0 Å². The van der Waals surface area contributed by atoms with E-state index in [1.165, 1.54) is 29.5 Å². The molecule has 178 valence electrons. The maximum atomic E-state index is 13.1. The second-order valence-corrected chi connectivity index (χ2v) is 8.53. The zero-order valence-electron chi connectivity index (χ0n) is 17.9. The minimum Gasteiger partial charge on any atom is -0.351 e. The fourth-order valence-electron chi connectivity index (χ4n) is 3.48. The zero-order chi connectivity index (χ0) is 23.8. The van der Waals surface area contributed by atoms with Crippen LogP contribution in [0.2, 0.25) is 0 Å². The van der Waals surface area contributed by atoms with Gasteiger partial charge in [0.25, 0.3) is 5.91 Å². The number of benzene rings is 1. The number of piperazine rings is 1. The van der Waals surface area contributed by atoms with Crippen molar-refractivity contribution >= 4 is 34.7 Å². The Bertz CT molecular complexity index is 958. The summed E-state index contributed by atoms with van der Waals surface area (Å²) in [5, 5.41) is 6.94. The number of amides is 3. The Kier molecular flexibility index (Phi) is 8.45. The number of para-hydroxylation sites is 1. The Balaban J connectivity index is 1.36. The average molecular weight is 483 g/mol. The quantitative estimate of drug-likeness (QED) is 0.567. The number of alkyl halides is 3. The molecule has 0 radical (unpaired) electrons. The first-order valence-corrected chi connectivity index (χ1v) is 11.4. The van der Waals surface area contributed by atoms with E-state index in [0.29, 0.717) is 50.4 Å². The van der Waals surface area contributed by atoms with E-state index in [-0.39, 0.29) is 24.0 Å². The minimum absolute atomic E-state index is 0.0245. The molecule has 0 aliphatic carbocycles. The molecule has 1 aliphatic rings. The molecule has 33 heavy (non-hydrogen) atoms. The van der Waals surface area contributed by atoms with Crippen LogP contribution >= 0.6 is 11.3 Å². The number of anilines is 1. The molecule has 1 aromatic carbocycles. The molecule has 0 saturated carbocycles. The number of carbonyl (C=O) groups excluding carboxylic acids is 3. The smallest absolute Gasteiger partial charge is 0.351 e. The maximum absolute atomic E-state index is 13.1. The van der Waals surface area contributed by atoms with Crippen LogP contribution in [0.25, 0.3) is 0 Å². The number of thiophene rings is 1. The number of hydrogen-bond donors (Lipinski definition) is 2. The fraction of sp³-hybridized carbons (Fsp3) is 0.409. The molecular formula is C22H25F3N4O3S. The van der Waals surface area contributed by atoms with Crippen LogP contribution in [0.15, 0.2) is 41.8 Å². The van der Waals surface area contributed by atoms with Gasteiger partial charge in [-0.15, -0.1) is 11.3 Å². The molecule has 3 rings (SSSR count). The van der Waals surface area contributed by atoms with Crippen molar-refractivity contribution in [3.8, 4) is 0 Å². The molecule has 2 aromatic rings. The van der Waals surface area contributed by atoms with E-state index >= 15 is 0 Å². The predicted molar refractivity (Wildman–Crippen MR) is 119 cm³/mol. The van der Waals surface area contributed by atoms with Gasteiger partial charge in [0.2, 0.25) is 11.8 Å². The third-order valence-electron chi connectivity index (χ3n) is 5.20. The van der Waals surface area contributed by atoms with Crippen LogP contribution < -0.4 is 10.6 Å². The number of rotatable bonds is 8. The summed E-state index contributed by atoms with van der Waals surface area (Å²) in [6, 6.07) is 8.39. The van der Waals surface area contributed by atoms with E-state index in [2.05, 4.69) is 10.6 Å². The van der Waals surface area contributed by atoms with E-state index in [1.54, 1.807) is 21.9 Å². The van der Waals surface area contributed by atoms with Crippen molar-refractivity contribution in [3.63, 3.8) is 0 Å². The molecule has 0 bridgehead atoms. The summed E-state index contributed by atoms with van der Waals surface area (Å²) in [7, 11) is 0. The number of halogens is 3. The highest BCUT2D eigenvalue weighted by molar-refractivity contribution is 7.12. The highest BCUT2D eigenvalue weighted by atomic mass is 32.1. The van der Waals surface area contributed by atoms with Crippen molar-refractivity contribution in [1.29, 1.82) is 0 Å². The molecular weight excluding hydrogens is 457 g/mol. The molecule has 3 amide bonds. The lowest BCUT2D eigenvalue weighted by molar-refractivity contribution is -0.137. The lowest BCUT2D eigenvalue weighted by atomic mass is 10.1. The van der Waals surface area contributed by atoms with Gasteiger partial charge in [0.1, 0.15) is 0 Å². The first-order chi connectivity index (χ1) is 15.7. The summed E-state index contributed by atoms with van der Waals surface area (Å²) in [5.41, 5.74) is -1.16. The SMILES string of the molecule is O=C(CN1CCN(C(=O)CCCNC(=O)c2cccs2)CC1)Nc1ccccc1C(F)(F)F. The fourth-order valence-corrected chi connectivity index (χ4v) is 4.12. The largest absolute Gasteiger partial charge is 0.418 e. The Hall–Kier alpha value is -2.92. The third kappa shape index (κ3) is 7.29. The molecule has 2 N–H and O–H groups in total. The topological polar surface area (TPSA) is 81.8 Å². The second kappa shape index (κ2) is 11.3. The van der Waals surface area contributed by atoms with E-state index in [4.69, 9.17) is 0 Å². The standard InChI is InChI=1S/C22H25F3N4O3S/c23-22(24,25)16-5-1-2-6-17(16)27-19(30)15-28-10-12-29(13-11-28)20(31)8-3-9-26-21(32)18-7-4-14-33-18/h1-2,4-7,14H,3,8-13,15H2,(H,26,32)(H,27,30). The van der Waals surface area contributed by atoms with Crippen LogP contribution in [-0.4, -0.2) is 66.8 Å². The monoisotopic (exact) mass is 482 g/mol. The summed E-state index contributed by atoms with van der Waals surface area (Å²) < 4.78 is 39.2. The second-order valence-electron chi connectivity index (χ2n) is 7.59. The predicted octanol–water partition coefficient (Wildman–Crippen LogP) is 3.06. The van der Waals surface area contributed by atoms with E-state index < -0.39 is 17.6 Å². The summed E-state index contributed by atoms with van der Waals surface area (Å²) in [5.74, 6) is -0.710. The van der Waals surface area contributed by atoms with Gasteiger partial charge in [-0.2, -0.15) is 13.2 Å². The Morgan fingerprint density at radius 1 is 1.00 bits per heavy atom. The molecule has 0 unspecified atom stereocenters. The Labute approximate surface area is 193 Å². The van der Waals surface area contributed by atoms with E-state index in [9.17, 15) is 27.6 Å². The highest BCUT2D eigenvalue weighted by Gasteiger charge is 2.33. The van der Waals surface area contributed by atoms with Gasteiger partial charge in [-0.05, 0) is 30.0 Å². The number of nitrogens with one attached hydrogen (secondary N) is 2. The van der Waals surface area contributed by atoms with Crippen molar-refractivity contribution in [3.05, 3.63) is 52.2 Å². The first kappa shape index (κ1) is 24.7. The van der Waals surface area contributed by atoms with Gasteiger partial charge in [-0.25, -0.2) is 0 Å². The van der Waals surface area contributed by atoms with Gasteiger partial charge < -0.3 is 15.5 Å². The molecule has 1 aliphatic heterocycles. The molecule has 7 nitrogen and oxygen atoms in total.